The van der Waals surface area contributed by atoms with Crippen molar-refractivity contribution in [3.8, 4) is 34.0 Å². The monoisotopic (exact) mass is 552 g/mol. The second-order valence-electron chi connectivity index (χ2n) is 10.2. The van der Waals surface area contributed by atoms with Crippen molar-refractivity contribution in [3.05, 3.63) is 139 Å². The van der Waals surface area contributed by atoms with Crippen LogP contribution in [0, 0.1) is 17.9 Å². The summed E-state index contributed by atoms with van der Waals surface area (Å²) in [7, 11) is 0. The summed E-state index contributed by atoms with van der Waals surface area (Å²) in [5.41, 5.74) is 7.27. The summed E-state index contributed by atoms with van der Waals surface area (Å²) < 4.78 is 4.70. The summed E-state index contributed by atoms with van der Waals surface area (Å²) in [6, 6.07) is 41.5. The number of hydrogen-bond acceptors (Lipinski definition) is 3. The summed E-state index contributed by atoms with van der Waals surface area (Å²) in [6.07, 6.45) is 1.73. The fraction of sp³-hybridized carbons (Fsp3) is 0. The van der Waals surface area contributed by atoms with Gasteiger partial charge in [-0.15, -0.1) is 11.3 Å². The smallest absolute Gasteiger partial charge is 0.211 e. The number of pyridine rings is 1. The zero-order valence-electron chi connectivity index (χ0n) is 22.2. The first kappa shape index (κ1) is 24.1. The molecule has 0 radical (unpaired) electrons. The summed E-state index contributed by atoms with van der Waals surface area (Å²) >= 11 is 1.79. The molecule has 0 bridgehead atoms. The van der Waals surface area contributed by atoms with Gasteiger partial charge >= 0.3 is 0 Å². The third-order valence-electron chi connectivity index (χ3n) is 7.92. The second kappa shape index (κ2) is 9.42. The molecule has 0 aliphatic carbocycles. The number of thiophene rings is 1. The average Bonchev–Trinajstić information content (AvgIpc) is 3.60. The molecule has 0 unspecified atom stereocenters. The number of nitrogens with zero attached hydrogens (tertiary/aromatic N) is 4. The molecule has 5 heteroatoms. The Balaban J connectivity index is 1.41. The summed E-state index contributed by atoms with van der Waals surface area (Å²) in [4.78, 5) is 8.49. The highest BCUT2D eigenvalue weighted by molar-refractivity contribution is 7.26. The predicted octanol–water partition coefficient (Wildman–Crippen LogP) is 10.3. The van der Waals surface area contributed by atoms with Crippen molar-refractivity contribution in [2.45, 2.75) is 0 Å². The number of aromatic nitrogens is 2. The fourth-order valence-corrected chi connectivity index (χ4v) is 7.16. The quantitative estimate of drug-likeness (QED) is 0.205. The lowest BCUT2D eigenvalue weighted by atomic mass is 9.98. The first-order valence-corrected chi connectivity index (χ1v) is 14.4. The normalized spacial score (nSPS) is 11.3. The molecule has 0 saturated heterocycles. The van der Waals surface area contributed by atoms with Crippen molar-refractivity contribution in [2.24, 2.45) is 0 Å². The van der Waals surface area contributed by atoms with Crippen LogP contribution in [0.5, 0.6) is 0 Å². The van der Waals surface area contributed by atoms with E-state index in [1.807, 2.05) is 60.7 Å². The maximum Gasteiger partial charge on any atom is 0.211 e. The largest absolute Gasteiger partial charge is 0.318 e. The van der Waals surface area contributed by atoms with Gasteiger partial charge in [0.15, 0.2) is 0 Å². The number of fused-ring (bicyclic) bond motifs is 7. The third-order valence-corrected chi connectivity index (χ3v) is 9.06. The standard InChI is InChI=1S/C37H20N4S/c1-39-30-20-24(29-19-25(22-40-31(29)21-38)23-9-3-2-4-10-23)15-17-33(30)41-32-13-7-5-11-26(32)27-16-18-35-36(37(27)41)28-12-6-8-14-34(28)42-35/h2-20,22H. The molecule has 0 aliphatic heterocycles. The molecule has 4 nitrogen and oxygen atoms in total. The lowest BCUT2D eigenvalue weighted by molar-refractivity contribution is 1.19. The number of benzene rings is 5. The number of hydrogen-bond donors (Lipinski definition) is 0. The van der Waals surface area contributed by atoms with Crippen LogP contribution in [0.15, 0.2) is 121 Å². The van der Waals surface area contributed by atoms with Gasteiger partial charge in [-0.2, -0.15) is 5.26 Å². The minimum absolute atomic E-state index is 0.335. The summed E-state index contributed by atoms with van der Waals surface area (Å²) in [5.74, 6) is 0. The van der Waals surface area contributed by atoms with Gasteiger partial charge in [0.2, 0.25) is 5.69 Å². The maximum atomic E-state index is 9.90. The minimum atomic E-state index is 0.335. The van der Waals surface area contributed by atoms with Crippen molar-refractivity contribution < 1.29 is 0 Å². The van der Waals surface area contributed by atoms with Crippen molar-refractivity contribution in [2.75, 3.05) is 0 Å². The summed E-state index contributed by atoms with van der Waals surface area (Å²) in [6.45, 7) is 8.23. The first-order valence-electron chi connectivity index (χ1n) is 13.6. The molecule has 0 fully saturated rings. The molecular formula is C37H20N4S. The molecule has 3 aromatic heterocycles. The Hall–Kier alpha value is -5.75. The van der Waals surface area contributed by atoms with Crippen molar-refractivity contribution in [1.82, 2.24) is 9.55 Å². The van der Waals surface area contributed by atoms with E-state index in [9.17, 15) is 5.26 Å². The van der Waals surface area contributed by atoms with E-state index in [0.717, 1.165) is 44.2 Å². The molecule has 0 spiro atoms. The Morgan fingerprint density at radius 3 is 2.33 bits per heavy atom. The van der Waals surface area contributed by atoms with E-state index in [4.69, 9.17) is 6.57 Å². The first-order chi connectivity index (χ1) is 20.7. The Bertz CT molecular complexity index is 2440. The molecule has 194 valence electrons. The van der Waals surface area contributed by atoms with E-state index in [2.05, 4.69) is 75.1 Å². The van der Waals surface area contributed by atoms with Crippen molar-refractivity contribution >= 4 is 59.0 Å². The van der Waals surface area contributed by atoms with Crippen LogP contribution in [0.3, 0.4) is 0 Å². The minimum Gasteiger partial charge on any atom is -0.318 e. The van der Waals surface area contributed by atoms with Crippen LogP contribution in [-0.4, -0.2) is 9.55 Å². The van der Waals surface area contributed by atoms with Gasteiger partial charge in [-0.05, 0) is 47.5 Å². The van der Waals surface area contributed by atoms with E-state index in [1.54, 1.807) is 17.5 Å². The van der Waals surface area contributed by atoms with Gasteiger partial charge < -0.3 is 4.57 Å². The Kier molecular flexibility index (Phi) is 5.40. The van der Waals surface area contributed by atoms with Crippen LogP contribution in [0.4, 0.5) is 5.69 Å². The van der Waals surface area contributed by atoms with E-state index in [0.29, 0.717) is 16.9 Å². The van der Waals surface area contributed by atoms with Crippen molar-refractivity contribution in [1.29, 1.82) is 5.26 Å². The average molecular weight is 553 g/mol. The molecule has 0 N–H and O–H groups in total. The molecular weight excluding hydrogens is 533 g/mol. The zero-order chi connectivity index (χ0) is 28.2. The molecule has 8 rings (SSSR count). The highest BCUT2D eigenvalue weighted by Crippen LogP contribution is 2.44. The number of nitriles is 1. The summed E-state index contributed by atoms with van der Waals surface area (Å²) in [5, 5.41) is 14.6. The van der Waals surface area contributed by atoms with Gasteiger partial charge in [-0.1, -0.05) is 78.9 Å². The highest BCUT2D eigenvalue weighted by Gasteiger charge is 2.20. The molecule has 0 aliphatic rings. The topological polar surface area (TPSA) is 46.0 Å². The van der Waals surface area contributed by atoms with Crippen molar-refractivity contribution in [3.63, 3.8) is 0 Å². The predicted molar refractivity (Wildman–Crippen MR) is 173 cm³/mol. The van der Waals surface area contributed by atoms with Gasteiger partial charge in [-0.25, -0.2) is 9.83 Å². The van der Waals surface area contributed by atoms with E-state index in [1.165, 1.54) is 20.2 Å². The molecule has 8 aromatic rings. The van der Waals surface area contributed by atoms with Gasteiger partial charge in [0.05, 0.1) is 23.3 Å². The van der Waals surface area contributed by atoms with Gasteiger partial charge in [0, 0.05) is 48.3 Å². The third kappa shape index (κ3) is 3.55. The zero-order valence-corrected chi connectivity index (χ0v) is 23.1. The molecule has 42 heavy (non-hydrogen) atoms. The second-order valence-corrected chi connectivity index (χ2v) is 11.3. The molecule has 0 amide bonds. The number of para-hydroxylation sites is 1. The Morgan fingerprint density at radius 1 is 0.714 bits per heavy atom. The van der Waals surface area contributed by atoms with Crippen LogP contribution in [-0.2, 0) is 0 Å². The molecule has 5 aromatic carbocycles. The SMILES string of the molecule is [C-]#[N+]c1cc(-c2cc(-c3ccccc3)cnc2C#N)ccc1-n1c2ccccc2c2ccc3sc4ccccc4c3c21. The molecule has 3 heterocycles. The van der Waals surface area contributed by atoms with E-state index < -0.39 is 0 Å². The van der Waals surface area contributed by atoms with Crippen LogP contribution < -0.4 is 0 Å². The maximum absolute atomic E-state index is 9.90. The van der Waals surface area contributed by atoms with Gasteiger partial charge in [0.25, 0.3) is 0 Å². The van der Waals surface area contributed by atoms with Crippen LogP contribution in [0.1, 0.15) is 5.69 Å². The van der Waals surface area contributed by atoms with Crippen LogP contribution >= 0.6 is 11.3 Å². The Labute approximate surface area is 245 Å². The van der Waals surface area contributed by atoms with Gasteiger partial charge in [0.1, 0.15) is 11.8 Å². The number of rotatable bonds is 3. The highest BCUT2D eigenvalue weighted by atomic mass is 32.1. The van der Waals surface area contributed by atoms with E-state index >= 15 is 0 Å². The fourth-order valence-electron chi connectivity index (χ4n) is 6.05. The lowest BCUT2D eigenvalue weighted by Gasteiger charge is -2.14. The Morgan fingerprint density at radius 2 is 1.50 bits per heavy atom. The van der Waals surface area contributed by atoms with E-state index in [-0.39, 0.29) is 0 Å². The van der Waals surface area contributed by atoms with Crippen LogP contribution in [0.25, 0.3) is 74.8 Å². The van der Waals surface area contributed by atoms with Gasteiger partial charge in [-0.3, -0.25) is 0 Å². The molecule has 0 atom stereocenters. The lowest BCUT2D eigenvalue weighted by Crippen LogP contribution is -1.96. The van der Waals surface area contributed by atoms with Crippen LogP contribution in [0.2, 0.25) is 0 Å². The molecule has 0 saturated carbocycles.